The van der Waals surface area contributed by atoms with Gasteiger partial charge in [-0.25, -0.2) is 0 Å². The molecule has 3 nitrogen and oxygen atoms in total. The number of nitrogens with one attached hydrogen (secondary N) is 1. The van der Waals surface area contributed by atoms with Crippen molar-refractivity contribution in [3.8, 4) is 0 Å². The lowest BCUT2D eigenvalue weighted by atomic mass is 9.81. The minimum atomic E-state index is 0.0188. The molecule has 0 radical (unpaired) electrons. The molecule has 1 N–H and O–H groups in total. The zero-order valence-electron chi connectivity index (χ0n) is 13.9. The number of carbonyl (C=O) groups excluding carboxylic acids is 1. The highest BCUT2D eigenvalue weighted by Gasteiger charge is 2.28. The first-order chi connectivity index (χ1) is 10.2. The third kappa shape index (κ3) is 5.61. The van der Waals surface area contributed by atoms with Crippen molar-refractivity contribution >= 4 is 5.97 Å². The summed E-state index contributed by atoms with van der Waals surface area (Å²) in [5.74, 6) is 2.02. The Labute approximate surface area is 130 Å². The molecule has 2 aliphatic carbocycles. The summed E-state index contributed by atoms with van der Waals surface area (Å²) in [5.41, 5.74) is 0. The van der Waals surface area contributed by atoms with Crippen molar-refractivity contribution in [2.24, 2.45) is 17.8 Å². The van der Waals surface area contributed by atoms with Crippen LogP contribution in [0.3, 0.4) is 0 Å². The number of rotatable bonds is 6. The van der Waals surface area contributed by atoms with Gasteiger partial charge in [-0.3, -0.25) is 4.79 Å². The quantitative estimate of drug-likeness (QED) is 0.755. The summed E-state index contributed by atoms with van der Waals surface area (Å²) in [5, 5.41) is 3.70. The normalized spacial score (nSPS) is 33.6. The van der Waals surface area contributed by atoms with E-state index in [2.05, 4.69) is 12.2 Å². The van der Waals surface area contributed by atoms with Gasteiger partial charge in [-0.2, -0.15) is 0 Å². The van der Waals surface area contributed by atoms with Crippen molar-refractivity contribution in [3.05, 3.63) is 0 Å². The van der Waals surface area contributed by atoms with Gasteiger partial charge in [-0.1, -0.05) is 39.0 Å². The van der Waals surface area contributed by atoms with Crippen molar-refractivity contribution < 1.29 is 9.53 Å². The first-order valence-electron chi connectivity index (χ1n) is 9.09. The molecule has 2 fully saturated rings. The van der Waals surface area contributed by atoms with Crippen molar-refractivity contribution in [1.29, 1.82) is 0 Å². The van der Waals surface area contributed by atoms with Crippen LogP contribution in [-0.4, -0.2) is 25.2 Å². The summed E-state index contributed by atoms with van der Waals surface area (Å²) in [4.78, 5) is 11.8. The second-order valence-electron chi connectivity index (χ2n) is 7.18. The molecule has 2 rings (SSSR count). The Kier molecular flexibility index (Phi) is 7.01. The van der Waals surface area contributed by atoms with E-state index in [1.54, 1.807) is 0 Å². The van der Waals surface area contributed by atoms with Gasteiger partial charge in [0.05, 0.1) is 12.5 Å². The van der Waals surface area contributed by atoms with Gasteiger partial charge >= 0.3 is 5.97 Å². The number of esters is 1. The summed E-state index contributed by atoms with van der Waals surface area (Å²) >= 11 is 0. The van der Waals surface area contributed by atoms with Crippen LogP contribution in [0.5, 0.6) is 0 Å². The predicted octanol–water partition coefficient (Wildman–Crippen LogP) is 3.91. The van der Waals surface area contributed by atoms with Crippen LogP contribution in [0.25, 0.3) is 0 Å². The smallest absolute Gasteiger partial charge is 0.308 e. The average molecular weight is 295 g/mol. The molecule has 0 aromatic rings. The van der Waals surface area contributed by atoms with Crippen molar-refractivity contribution in [2.45, 2.75) is 77.7 Å². The molecule has 21 heavy (non-hydrogen) atoms. The summed E-state index contributed by atoms with van der Waals surface area (Å²) in [6.07, 6.45) is 11.3. The van der Waals surface area contributed by atoms with Gasteiger partial charge in [0, 0.05) is 6.04 Å². The predicted molar refractivity (Wildman–Crippen MR) is 86.1 cm³/mol. The molecule has 0 aromatic carbocycles. The fourth-order valence-corrected chi connectivity index (χ4v) is 3.96. The molecule has 0 saturated heterocycles. The monoisotopic (exact) mass is 295 g/mol. The third-order valence-electron chi connectivity index (χ3n) is 5.42. The van der Waals surface area contributed by atoms with Crippen molar-refractivity contribution in [1.82, 2.24) is 5.32 Å². The van der Waals surface area contributed by atoms with E-state index >= 15 is 0 Å². The van der Waals surface area contributed by atoms with E-state index < -0.39 is 0 Å². The minimum absolute atomic E-state index is 0.0188. The Bertz CT molecular complexity index is 310. The molecule has 2 unspecified atom stereocenters. The molecule has 0 bridgehead atoms. The molecular weight excluding hydrogens is 262 g/mol. The Morgan fingerprint density at radius 1 is 1.14 bits per heavy atom. The minimum Gasteiger partial charge on any atom is -0.466 e. The van der Waals surface area contributed by atoms with Crippen LogP contribution in [0.1, 0.15) is 71.6 Å². The number of carbonyl (C=O) groups is 1. The first-order valence-corrected chi connectivity index (χ1v) is 9.09. The Morgan fingerprint density at radius 2 is 1.90 bits per heavy atom. The van der Waals surface area contributed by atoms with E-state index in [4.69, 9.17) is 4.74 Å². The summed E-state index contributed by atoms with van der Waals surface area (Å²) in [7, 11) is 0. The second kappa shape index (κ2) is 8.77. The molecule has 0 heterocycles. The highest BCUT2D eigenvalue weighted by molar-refractivity contribution is 5.72. The van der Waals surface area contributed by atoms with Gasteiger partial charge in [0.15, 0.2) is 0 Å². The lowest BCUT2D eigenvalue weighted by Crippen LogP contribution is -2.38. The van der Waals surface area contributed by atoms with E-state index in [9.17, 15) is 4.79 Å². The summed E-state index contributed by atoms with van der Waals surface area (Å²) < 4.78 is 5.17. The molecule has 2 aliphatic rings. The molecule has 0 spiro atoms. The fourth-order valence-electron chi connectivity index (χ4n) is 3.96. The van der Waals surface area contributed by atoms with Crippen LogP contribution in [-0.2, 0) is 9.53 Å². The van der Waals surface area contributed by atoms with E-state index in [0.717, 1.165) is 37.6 Å². The maximum Gasteiger partial charge on any atom is 0.308 e. The molecular formula is C18H33NO2. The Balaban J connectivity index is 1.62. The molecule has 0 amide bonds. The van der Waals surface area contributed by atoms with Gasteiger partial charge < -0.3 is 10.1 Å². The van der Waals surface area contributed by atoms with Crippen LogP contribution in [0.2, 0.25) is 0 Å². The Morgan fingerprint density at radius 3 is 2.62 bits per heavy atom. The lowest BCUT2D eigenvalue weighted by molar-refractivity contribution is -0.149. The van der Waals surface area contributed by atoms with Gasteiger partial charge in [0.1, 0.15) is 0 Å². The molecule has 0 aliphatic heterocycles. The van der Waals surface area contributed by atoms with E-state index in [1.165, 1.54) is 38.5 Å². The van der Waals surface area contributed by atoms with E-state index in [1.807, 2.05) is 6.92 Å². The first kappa shape index (κ1) is 16.8. The SMILES string of the molecule is CCOC(=O)C1CCCC(NCCC2CCC(C)CC2)C1. The average Bonchev–Trinajstić information content (AvgIpc) is 2.50. The molecule has 2 atom stereocenters. The maximum atomic E-state index is 11.8. The van der Waals surface area contributed by atoms with Crippen LogP contribution in [0, 0.1) is 17.8 Å². The van der Waals surface area contributed by atoms with Gasteiger partial charge in [-0.15, -0.1) is 0 Å². The highest BCUT2D eigenvalue weighted by Crippen LogP contribution is 2.30. The molecule has 3 heteroatoms. The Hall–Kier alpha value is -0.570. The molecule has 0 aromatic heterocycles. The lowest BCUT2D eigenvalue weighted by Gasteiger charge is -2.30. The van der Waals surface area contributed by atoms with Crippen molar-refractivity contribution in [2.75, 3.05) is 13.2 Å². The zero-order chi connectivity index (χ0) is 15.1. The van der Waals surface area contributed by atoms with Gasteiger partial charge in [0.2, 0.25) is 0 Å². The van der Waals surface area contributed by atoms with Crippen LogP contribution >= 0.6 is 0 Å². The number of hydrogen-bond acceptors (Lipinski definition) is 3. The van der Waals surface area contributed by atoms with Crippen LogP contribution in [0.4, 0.5) is 0 Å². The zero-order valence-corrected chi connectivity index (χ0v) is 13.9. The van der Waals surface area contributed by atoms with E-state index in [-0.39, 0.29) is 11.9 Å². The number of ether oxygens (including phenoxy) is 1. The fraction of sp³-hybridized carbons (Fsp3) is 0.944. The maximum absolute atomic E-state index is 11.8. The topological polar surface area (TPSA) is 38.3 Å². The highest BCUT2D eigenvalue weighted by atomic mass is 16.5. The van der Waals surface area contributed by atoms with E-state index in [0.29, 0.717) is 12.6 Å². The third-order valence-corrected chi connectivity index (χ3v) is 5.42. The standard InChI is InChI=1S/C18H33NO2/c1-3-21-18(20)16-5-4-6-17(13-16)19-12-11-15-9-7-14(2)8-10-15/h14-17,19H,3-13H2,1-2H3. The second-order valence-corrected chi connectivity index (χ2v) is 7.18. The van der Waals surface area contributed by atoms with Crippen LogP contribution in [0.15, 0.2) is 0 Å². The molecule has 122 valence electrons. The van der Waals surface area contributed by atoms with Gasteiger partial charge in [-0.05, 0) is 51.0 Å². The summed E-state index contributed by atoms with van der Waals surface area (Å²) in [6.45, 7) is 5.90. The summed E-state index contributed by atoms with van der Waals surface area (Å²) in [6, 6.07) is 0.524. The number of hydrogen-bond donors (Lipinski definition) is 1. The molecule has 2 saturated carbocycles. The van der Waals surface area contributed by atoms with Crippen molar-refractivity contribution in [3.63, 3.8) is 0 Å². The van der Waals surface area contributed by atoms with Gasteiger partial charge in [0.25, 0.3) is 0 Å². The largest absolute Gasteiger partial charge is 0.466 e. The van der Waals surface area contributed by atoms with Crippen LogP contribution < -0.4 is 5.32 Å².